The minimum Gasteiger partial charge on any atom is -0.440 e. The van der Waals surface area contributed by atoms with Gasteiger partial charge in [-0.2, -0.15) is 0 Å². The Hall–Kier alpha value is -1.49. The number of anilines is 1. The molecule has 4 nitrogen and oxygen atoms in total. The SMILES string of the molecule is CCNc1cccc(CSc2ncco2)n1. The summed E-state index contributed by atoms with van der Waals surface area (Å²) in [6.45, 7) is 2.93. The van der Waals surface area contributed by atoms with E-state index in [0.717, 1.165) is 23.8 Å². The maximum atomic E-state index is 5.14. The van der Waals surface area contributed by atoms with Crippen molar-refractivity contribution in [2.75, 3.05) is 11.9 Å². The lowest BCUT2D eigenvalue weighted by Crippen LogP contribution is -2.00. The van der Waals surface area contributed by atoms with Crippen molar-refractivity contribution in [3.63, 3.8) is 0 Å². The van der Waals surface area contributed by atoms with Crippen LogP contribution in [0.15, 0.2) is 40.3 Å². The first-order valence-corrected chi connectivity index (χ1v) is 6.09. The average molecular weight is 235 g/mol. The molecule has 0 atom stereocenters. The predicted molar refractivity (Wildman–Crippen MR) is 64.5 cm³/mol. The highest BCUT2D eigenvalue weighted by molar-refractivity contribution is 7.98. The minimum atomic E-state index is 0.677. The Morgan fingerprint density at radius 3 is 3.12 bits per heavy atom. The highest BCUT2D eigenvalue weighted by Crippen LogP contribution is 2.20. The third-order valence-corrected chi connectivity index (χ3v) is 2.81. The molecule has 1 N–H and O–H groups in total. The number of hydrogen-bond donors (Lipinski definition) is 1. The van der Waals surface area contributed by atoms with Gasteiger partial charge in [0.2, 0.25) is 0 Å². The van der Waals surface area contributed by atoms with Crippen LogP contribution in [-0.2, 0) is 5.75 Å². The number of pyridine rings is 1. The molecule has 0 radical (unpaired) electrons. The molecule has 0 fully saturated rings. The van der Waals surface area contributed by atoms with Crippen molar-refractivity contribution < 1.29 is 4.42 Å². The van der Waals surface area contributed by atoms with Crippen molar-refractivity contribution in [1.29, 1.82) is 0 Å². The van der Waals surface area contributed by atoms with Gasteiger partial charge in [0.25, 0.3) is 5.22 Å². The lowest BCUT2D eigenvalue weighted by molar-refractivity contribution is 0.454. The van der Waals surface area contributed by atoms with Crippen LogP contribution in [0.3, 0.4) is 0 Å². The Kier molecular flexibility index (Phi) is 3.82. The first-order chi connectivity index (χ1) is 7.88. The van der Waals surface area contributed by atoms with Crippen LogP contribution in [0.25, 0.3) is 0 Å². The van der Waals surface area contributed by atoms with Gasteiger partial charge < -0.3 is 9.73 Å². The van der Waals surface area contributed by atoms with Gasteiger partial charge in [-0.3, -0.25) is 0 Å². The number of rotatable bonds is 5. The maximum Gasteiger partial charge on any atom is 0.255 e. The molecule has 2 aromatic rings. The van der Waals surface area contributed by atoms with Gasteiger partial charge in [0.1, 0.15) is 12.1 Å². The summed E-state index contributed by atoms with van der Waals surface area (Å²) in [5.74, 6) is 1.67. The van der Waals surface area contributed by atoms with Gasteiger partial charge in [0, 0.05) is 12.3 Å². The van der Waals surface area contributed by atoms with Crippen LogP contribution in [0.5, 0.6) is 0 Å². The second-order valence-electron chi connectivity index (χ2n) is 3.13. The number of nitrogens with zero attached hydrogens (tertiary/aromatic N) is 2. The van der Waals surface area contributed by atoms with Crippen molar-refractivity contribution >= 4 is 17.6 Å². The van der Waals surface area contributed by atoms with E-state index in [0.29, 0.717) is 5.22 Å². The molecule has 2 aromatic heterocycles. The summed E-state index contributed by atoms with van der Waals surface area (Å²) in [5, 5.41) is 3.86. The Morgan fingerprint density at radius 1 is 1.44 bits per heavy atom. The first-order valence-electron chi connectivity index (χ1n) is 5.10. The van der Waals surface area contributed by atoms with Gasteiger partial charge in [-0.25, -0.2) is 9.97 Å². The number of oxazole rings is 1. The van der Waals surface area contributed by atoms with E-state index in [4.69, 9.17) is 4.42 Å². The van der Waals surface area contributed by atoms with Crippen LogP contribution in [0, 0.1) is 0 Å². The van der Waals surface area contributed by atoms with Gasteiger partial charge in [-0.05, 0) is 19.1 Å². The molecule has 16 heavy (non-hydrogen) atoms. The van der Waals surface area contributed by atoms with Crippen molar-refractivity contribution in [3.05, 3.63) is 36.4 Å². The van der Waals surface area contributed by atoms with E-state index in [1.54, 1.807) is 12.5 Å². The largest absolute Gasteiger partial charge is 0.440 e. The molecule has 0 bridgehead atoms. The van der Waals surface area contributed by atoms with Crippen molar-refractivity contribution in [1.82, 2.24) is 9.97 Å². The second kappa shape index (κ2) is 5.55. The molecular formula is C11H13N3OS. The molecular weight excluding hydrogens is 222 g/mol. The molecule has 2 rings (SSSR count). The summed E-state index contributed by atoms with van der Waals surface area (Å²) in [6.07, 6.45) is 3.22. The molecule has 0 unspecified atom stereocenters. The number of thioether (sulfide) groups is 1. The van der Waals surface area contributed by atoms with E-state index in [2.05, 4.69) is 22.2 Å². The normalized spacial score (nSPS) is 10.3. The van der Waals surface area contributed by atoms with E-state index in [-0.39, 0.29) is 0 Å². The zero-order chi connectivity index (χ0) is 11.2. The highest BCUT2D eigenvalue weighted by Gasteiger charge is 2.01. The monoisotopic (exact) mass is 235 g/mol. The van der Waals surface area contributed by atoms with Crippen molar-refractivity contribution in [3.8, 4) is 0 Å². The molecule has 0 spiro atoms. The molecule has 0 aliphatic rings. The van der Waals surface area contributed by atoms with E-state index in [1.807, 2.05) is 18.2 Å². The fraction of sp³-hybridized carbons (Fsp3) is 0.273. The zero-order valence-electron chi connectivity index (χ0n) is 9.01. The van der Waals surface area contributed by atoms with Crippen molar-refractivity contribution in [2.45, 2.75) is 17.9 Å². The molecule has 0 saturated heterocycles. The molecule has 0 amide bonds. The van der Waals surface area contributed by atoms with Crippen molar-refractivity contribution in [2.24, 2.45) is 0 Å². The number of nitrogens with one attached hydrogen (secondary N) is 1. The summed E-state index contributed by atoms with van der Waals surface area (Å²) in [7, 11) is 0. The van der Waals surface area contributed by atoms with Crippen LogP contribution in [0.1, 0.15) is 12.6 Å². The van der Waals surface area contributed by atoms with Gasteiger partial charge in [0.05, 0.1) is 11.9 Å². The summed E-state index contributed by atoms with van der Waals surface area (Å²) in [6, 6.07) is 5.95. The summed E-state index contributed by atoms with van der Waals surface area (Å²) in [4.78, 5) is 8.50. The maximum absolute atomic E-state index is 5.14. The molecule has 0 aliphatic carbocycles. The fourth-order valence-corrected chi connectivity index (χ4v) is 1.95. The standard InChI is InChI=1S/C11H13N3OS/c1-2-12-10-5-3-4-9(14-10)8-16-11-13-6-7-15-11/h3-7H,2,8H2,1H3,(H,12,14). The lowest BCUT2D eigenvalue weighted by atomic mass is 10.4. The third kappa shape index (κ3) is 3.00. The summed E-state index contributed by atoms with van der Waals surface area (Å²) < 4.78 is 5.14. The molecule has 0 aromatic carbocycles. The second-order valence-corrected chi connectivity index (χ2v) is 4.06. The predicted octanol–water partition coefficient (Wildman–Crippen LogP) is 2.79. The Labute approximate surface area is 98.5 Å². The Morgan fingerprint density at radius 2 is 2.38 bits per heavy atom. The molecule has 2 heterocycles. The fourth-order valence-electron chi connectivity index (χ4n) is 1.26. The van der Waals surface area contributed by atoms with Crippen LogP contribution in [0.2, 0.25) is 0 Å². The van der Waals surface area contributed by atoms with Crippen LogP contribution in [0.4, 0.5) is 5.82 Å². The summed E-state index contributed by atoms with van der Waals surface area (Å²) in [5.41, 5.74) is 1.02. The summed E-state index contributed by atoms with van der Waals surface area (Å²) >= 11 is 1.54. The van der Waals surface area contributed by atoms with E-state index < -0.39 is 0 Å². The van der Waals surface area contributed by atoms with Crippen LogP contribution >= 0.6 is 11.8 Å². The van der Waals surface area contributed by atoms with E-state index in [1.165, 1.54) is 11.8 Å². The molecule has 84 valence electrons. The quantitative estimate of drug-likeness (QED) is 0.807. The molecule has 0 saturated carbocycles. The van der Waals surface area contributed by atoms with Gasteiger partial charge in [-0.15, -0.1) is 0 Å². The lowest BCUT2D eigenvalue weighted by Gasteiger charge is -2.03. The zero-order valence-corrected chi connectivity index (χ0v) is 9.83. The smallest absolute Gasteiger partial charge is 0.255 e. The number of aromatic nitrogens is 2. The Bertz CT molecular complexity index is 431. The van der Waals surface area contributed by atoms with E-state index >= 15 is 0 Å². The van der Waals surface area contributed by atoms with Gasteiger partial charge in [0.15, 0.2) is 0 Å². The molecule has 0 aliphatic heterocycles. The number of hydrogen-bond acceptors (Lipinski definition) is 5. The minimum absolute atomic E-state index is 0.677. The average Bonchev–Trinajstić information content (AvgIpc) is 2.80. The Balaban J connectivity index is 1.96. The van der Waals surface area contributed by atoms with E-state index in [9.17, 15) is 0 Å². The highest BCUT2D eigenvalue weighted by atomic mass is 32.2. The first kappa shape index (κ1) is 11.0. The third-order valence-electron chi connectivity index (χ3n) is 1.92. The van der Waals surface area contributed by atoms with Gasteiger partial charge >= 0.3 is 0 Å². The topological polar surface area (TPSA) is 51.0 Å². The van der Waals surface area contributed by atoms with Crippen LogP contribution in [-0.4, -0.2) is 16.5 Å². The van der Waals surface area contributed by atoms with Gasteiger partial charge in [-0.1, -0.05) is 17.8 Å². The molecule has 5 heteroatoms. The van der Waals surface area contributed by atoms with Crippen LogP contribution < -0.4 is 5.32 Å².